The van der Waals surface area contributed by atoms with Gasteiger partial charge in [-0.25, -0.2) is 24.3 Å². The average molecular weight is 456 g/mol. The van der Waals surface area contributed by atoms with Crippen LogP contribution in [0, 0.1) is 0 Å². The second-order valence-electron chi connectivity index (χ2n) is 10.3. The number of fused-ring (bicyclic) bond motifs is 2. The van der Waals surface area contributed by atoms with Gasteiger partial charge in [0.2, 0.25) is 0 Å². The van der Waals surface area contributed by atoms with Crippen molar-refractivity contribution in [2.45, 2.75) is 58.0 Å². The second-order valence-corrected chi connectivity index (χ2v) is 10.3. The number of benzene rings is 1. The molecule has 2 aliphatic rings. The summed E-state index contributed by atoms with van der Waals surface area (Å²) in [6, 6.07) is 10.5. The minimum absolute atomic E-state index is 0.0210. The van der Waals surface area contributed by atoms with Crippen LogP contribution in [0.15, 0.2) is 47.5 Å². The Morgan fingerprint density at radius 3 is 2.74 bits per heavy atom. The molecule has 0 amide bonds. The molecular formula is C26H29N7O. The molecule has 174 valence electrons. The predicted molar refractivity (Wildman–Crippen MR) is 133 cm³/mol. The van der Waals surface area contributed by atoms with E-state index in [-0.39, 0.29) is 17.0 Å². The van der Waals surface area contributed by atoms with Crippen LogP contribution in [0.2, 0.25) is 0 Å². The van der Waals surface area contributed by atoms with Gasteiger partial charge >= 0.3 is 0 Å². The lowest BCUT2D eigenvalue weighted by atomic mass is 9.96. The topological polar surface area (TPSA) is 89.7 Å². The Hall–Kier alpha value is -3.52. The van der Waals surface area contributed by atoms with E-state index in [2.05, 4.69) is 59.6 Å². The first-order valence-electron chi connectivity index (χ1n) is 12.0. The SMILES string of the molecule is CC(C)(C)c1nccc(-n2c3cc(Nc4ccc5c(c4)CNCC5)ncc3c(=O)n2C2CC2)n1. The first-order chi connectivity index (χ1) is 16.4. The fourth-order valence-corrected chi connectivity index (χ4v) is 4.60. The van der Waals surface area contributed by atoms with E-state index in [0.29, 0.717) is 17.0 Å². The van der Waals surface area contributed by atoms with Crippen molar-refractivity contribution in [3.8, 4) is 5.82 Å². The zero-order valence-electron chi connectivity index (χ0n) is 19.8. The van der Waals surface area contributed by atoms with Crippen molar-refractivity contribution in [2.75, 3.05) is 11.9 Å². The van der Waals surface area contributed by atoms with Crippen LogP contribution in [0.25, 0.3) is 16.7 Å². The fraction of sp³-hybridized carbons (Fsp3) is 0.385. The predicted octanol–water partition coefficient (Wildman–Crippen LogP) is 4.00. The maximum Gasteiger partial charge on any atom is 0.276 e. The van der Waals surface area contributed by atoms with E-state index in [1.54, 1.807) is 12.4 Å². The average Bonchev–Trinajstić information content (AvgIpc) is 3.62. The van der Waals surface area contributed by atoms with Crippen LogP contribution < -0.4 is 16.2 Å². The van der Waals surface area contributed by atoms with Crippen LogP contribution in [0.5, 0.6) is 0 Å². The summed E-state index contributed by atoms with van der Waals surface area (Å²) in [5.41, 5.74) is 4.27. The summed E-state index contributed by atoms with van der Waals surface area (Å²) in [6.45, 7) is 8.17. The maximum absolute atomic E-state index is 13.3. The third kappa shape index (κ3) is 3.68. The number of nitrogens with zero attached hydrogens (tertiary/aromatic N) is 5. The third-order valence-electron chi connectivity index (χ3n) is 6.55. The summed E-state index contributed by atoms with van der Waals surface area (Å²) in [5.74, 6) is 2.15. The molecule has 4 aromatic rings. The van der Waals surface area contributed by atoms with E-state index >= 15 is 0 Å². The highest BCUT2D eigenvalue weighted by Gasteiger charge is 2.31. The Morgan fingerprint density at radius 2 is 1.94 bits per heavy atom. The summed E-state index contributed by atoms with van der Waals surface area (Å²) in [5, 5.41) is 7.46. The number of anilines is 2. The number of nitrogens with one attached hydrogen (secondary N) is 2. The largest absolute Gasteiger partial charge is 0.340 e. The van der Waals surface area contributed by atoms with Gasteiger partial charge in [0.05, 0.1) is 16.9 Å². The zero-order valence-corrected chi connectivity index (χ0v) is 19.8. The van der Waals surface area contributed by atoms with Crippen LogP contribution in [0.3, 0.4) is 0 Å². The molecule has 1 aliphatic heterocycles. The molecule has 6 rings (SSSR count). The molecule has 0 spiro atoms. The highest BCUT2D eigenvalue weighted by Crippen LogP contribution is 2.36. The standard InChI is InChI=1S/C26H29N7O/c1-26(2,3)25-28-11-9-23(31-25)33-21-13-22(29-15-20(21)24(34)32(33)19-6-7-19)30-18-5-4-16-8-10-27-14-17(16)12-18/h4-5,9,11-13,15,19,27H,6-8,10,14H2,1-3H3,(H,29,30). The molecule has 1 fully saturated rings. The van der Waals surface area contributed by atoms with Gasteiger partial charge in [-0.05, 0) is 49.1 Å². The van der Waals surface area contributed by atoms with Crippen molar-refractivity contribution in [1.82, 2.24) is 29.6 Å². The molecule has 0 radical (unpaired) electrons. The van der Waals surface area contributed by atoms with E-state index in [0.717, 1.165) is 49.4 Å². The van der Waals surface area contributed by atoms with Crippen molar-refractivity contribution in [2.24, 2.45) is 0 Å². The molecular weight excluding hydrogens is 426 g/mol. The summed E-state index contributed by atoms with van der Waals surface area (Å²) in [7, 11) is 0. The molecule has 0 atom stereocenters. The number of aromatic nitrogens is 5. The van der Waals surface area contributed by atoms with E-state index in [4.69, 9.17) is 4.98 Å². The van der Waals surface area contributed by atoms with Gasteiger partial charge in [0.1, 0.15) is 11.6 Å². The van der Waals surface area contributed by atoms with Gasteiger partial charge in [-0.15, -0.1) is 0 Å². The lowest BCUT2D eigenvalue weighted by Gasteiger charge is -2.19. The molecule has 0 bridgehead atoms. The summed E-state index contributed by atoms with van der Waals surface area (Å²) >= 11 is 0. The first-order valence-corrected chi connectivity index (χ1v) is 12.0. The van der Waals surface area contributed by atoms with Gasteiger partial charge in [-0.3, -0.25) is 4.79 Å². The Morgan fingerprint density at radius 1 is 1.09 bits per heavy atom. The molecule has 34 heavy (non-hydrogen) atoms. The summed E-state index contributed by atoms with van der Waals surface area (Å²) in [4.78, 5) is 27.3. The van der Waals surface area contributed by atoms with Gasteiger partial charge in [-0.2, -0.15) is 0 Å². The molecule has 8 heteroatoms. The van der Waals surface area contributed by atoms with E-state index in [1.165, 1.54) is 11.1 Å². The fourth-order valence-electron chi connectivity index (χ4n) is 4.60. The monoisotopic (exact) mass is 455 g/mol. The maximum atomic E-state index is 13.3. The zero-order chi connectivity index (χ0) is 23.4. The lowest BCUT2D eigenvalue weighted by Crippen LogP contribution is -2.23. The highest BCUT2D eigenvalue weighted by molar-refractivity contribution is 5.82. The van der Waals surface area contributed by atoms with Gasteiger partial charge in [0.25, 0.3) is 5.56 Å². The summed E-state index contributed by atoms with van der Waals surface area (Å²) < 4.78 is 3.80. The van der Waals surface area contributed by atoms with Crippen molar-refractivity contribution in [3.05, 3.63) is 70.0 Å². The molecule has 2 N–H and O–H groups in total. The van der Waals surface area contributed by atoms with Gasteiger partial charge in [0, 0.05) is 42.2 Å². The Balaban J connectivity index is 1.46. The number of rotatable bonds is 4. The minimum atomic E-state index is -0.195. The molecule has 0 saturated heterocycles. The smallest absolute Gasteiger partial charge is 0.276 e. The Kier molecular flexibility index (Phi) is 4.81. The second kappa shape index (κ2) is 7.77. The molecule has 3 aromatic heterocycles. The Bertz CT molecular complexity index is 1460. The van der Waals surface area contributed by atoms with Crippen LogP contribution in [-0.2, 0) is 18.4 Å². The van der Waals surface area contributed by atoms with Crippen LogP contribution in [-0.4, -0.2) is 30.9 Å². The van der Waals surface area contributed by atoms with Gasteiger partial charge in [0.15, 0.2) is 5.82 Å². The van der Waals surface area contributed by atoms with Gasteiger partial charge < -0.3 is 10.6 Å². The van der Waals surface area contributed by atoms with Crippen molar-refractivity contribution >= 4 is 22.4 Å². The molecule has 1 saturated carbocycles. The highest BCUT2D eigenvalue weighted by atomic mass is 16.1. The normalized spacial score (nSPS) is 16.0. The number of hydrogen-bond donors (Lipinski definition) is 2. The van der Waals surface area contributed by atoms with E-state index < -0.39 is 0 Å². The van der Waals surface area contributed by atoms with Crippen molar-refractivity contribution < 1.29 is 0 Å². The van der Waals surface area contributed by atoms with E-state index in [1.807, 2.05) is 21.5 Å². The third-order valence-corrected chi connectivity index (χ3v) is 6.55. The molecule has 1 aliphatic carbocycles. The summed E-state index contributed by atoms with van der Waals surface area (Å²) in [6.07, 6.45) is 6.50. The van der Waals surface area contributed by atoms with Crippen molar-refractivity contribution in [3.63, 3.8) is 0 Å². The van der Waals surface area contributed by atoms with Gasteiger partial charge in [-0.1, -0.05) is 26.8 Å². The molecule has 1 aromatic carbocycles. The molecule has 4 heterocycles. The minimum Gasteiger partial charge on any atom is -0.340 e. The van der Waals surface area contributed by atoms with Crippen LogP contribution >= 0.6 is 0 Å². The van der Waals surface area contributed by atoms with Crippen LogP contribution in [0.4, 0.5) is 11.5 Å². The lowest BCUT2D eigenvalue weighted by molar-refractivity contribution is 0.525. The van der Waals surface area contributed by atoms with Crippen LogP contribution in [0.1, 0.15) is 56.6 Å². The molecule has 8 nitrogen and oxygen atoms in total. The quantitative estimate of drug-likeness (QED) is 0.484. The first kappa shape index (κ1) is 21.0. The molecule has 0 unspecified atom stereocenters. The number of pyridine rings is 1. The van der Waals surface area contributed by atoms with E-state index in [9.17, 15) is 4.79 Å². The Labute approximate surface area is 198 Å². The number of hydrogen-bond acceptors (Lipinski definition) is 6. The van der Waals surface area contributed by atoms with Crippen molar-refractivity contribution in [1.29, 1.82) is 0 Å².